The quantitative estimate of drug-likeness (QED) is 0.526. The molecule has 0 fully saturated rings. The summed E-state index contributed by atoms with van der Waals surface area (Å²) in [5, 5.41) is 22.1. The number of nitrogens with one attached hydrogen (secondary N) is 1. The van der Waals surface area contributed by atoms with Gasteiger partial charge in [-0.3, -0.25) is 9.88 Å². The van der Waals surface area contributed by atoms with Crippen LogP contribution in [0.4, 0.5) is 13.2 Å². The summed E-state index contributed by atoms with van der Waals surface area (Å²) >= 11 is 0. The molecule has 1 aromatic heterocycles. The predicted molar refractivity (Wildman–Crippen MR) is 114 cm³/mol. The molecular weight excluding hydrogens is 405 g/mol. The number of hydrogen-bond acceptors (Lipinski definition) is 4. The Morgan fingerprint density at radius 1 is 0.968 bits per heavy atom. The van der Waals surface area contributed by atoms with Crippen LogP contribution in [0.2, 0.25) is 0 Å². The molecule has 0 spiro atoms. The Labute approximate surface area is 179 Å². The monoisotopic (exact) mass is 432 g/mol. The molecule has 31 heavy (non-hydrogen) atoms. The van der Waals surface area contributed by atoms with E-state index in [1.165, 1.54) is 12.1 Å². The van der Waals surface area contributed by atoms with Crippen molar-refractivity contribution < 1.29 is 18.3 Å². The topological polar surface area (TPSA) is 63.0 Å². The Morgan fingerprint density at radius 3 is 2.16 bits per heavy atom. The van der Waals surface area contributed by atoms with Gasteiger partial charge in [0.25, 0.3) is 0 Å². The van der Waals surface area contributed by atoms with E-state index in [0.717, 1.165) is 23.6 Å². The highest BCUT2D eigenvalue weighted by Crippen LogP contribution is 2.33. The van der Waals surface area contributed by atoms with Gasteiger partial charge < -0.3 is 5.11 Å². The van der Waals surface area contributed by atoms with Crippen molar-refractivity contribution in [3.63, 3.8) is 0 Å². The molecule has 0 saturated carbocycles. The fraction of sp³-hybridized carbons (Fsp3) is 0.391. The van der Waals surface area contributed by atoms with E-state index in [9.17, 15) is 18.3 Å². The molecule has 1 heterocycles. The Kier molecular flexibility index (Phi) is 6.25. The van der Waals surface area contributed by atoms with Crippen LogP contribution in [0, 0.1) is 0 Å². The van der Waals surface area contributed by atoms with Crippen LogP contribution in [-0.2, 0) is 6.18 Å². The normalized spacial score (nSPS) is 13.6. The second kappa shape index (κ2) is 8.43. The number of aliphatic hydroxyl groups excluding tert-OH is 1. The molecule has 0 aliphatic rings. The molecular formula is C23H27F3N4O. The van der Waals surface area contributed by atoms with Crippen molar-refractivity contribution in [1.29, 1.82) is 0 Å². The van der Waals surface area contributed by atoms with Gasteiger partial charge in [0.2, 0.25) is 0 Å². The third kappa shape index (κ3) is 5.51. The maximum atomic E-state index is 13.0. The summed E-state index contributed by atoms with van der Waals surface area (Å²) in [6.45, 7) is 9.81. The molecule has 3 rings (SSSR count). The van der Waals surface area contributed by atoms with E-state index in [0.29, 0.717) is 16.7 Å². The van der Waals surface area contributed by atoms with E-state index in [1.807, 2.05) is 51.3 Å². The third-order valence-electron chi connectivity index (χ3n) is 4.74. The number of aromatic nitrogens is 3. The summed E-state index contributed by atoms with van der Waals surface area (Å²) in [6.07, 6.45) is -3.77. The Morgan fingerprint density at radius 2 is 1.61 bits per heavy atom. The highest BCUT2D eigenvalue weighted by atomic mass is 19.4. The van der Waals surface area contributed by atoms with Gasteiger partial charge in [0.05, 0.1) is 5.56 Å². The van der Waals surface area contributed by atoms with Crippen LogP contribution in [-0.4, -0.2) is 25.4 Å². The van der Waals surface area contributed by atoms with Crippen molar-refractivity contribution in [1.82, 2.24) is 20.1 Å². The Balaban J connectivity index is 2.12. The standard InChI is InChI=1S/C23H27F3N4O/c1-14(2)20-29-27-13-30(20)19-11-16(10-17(12-19)21(31)28-22(3,4)5)15-6-8-18(9-7-15)23(24,25)26/h6-14,21,28,31H,1-5H3. The van der Waals surface area contributed by atoms with Crippen LogP contribution in [0.3, 0.4) is 0 Å². The summed E-state index contributed by atoms with van der Waals surface area (Å²) in [5.41, 5.74) is 1.55. The number of alkyl halides is 3. The van der Waals surface area contributed by atoms with Crippen LogP contribution < -0.4 is 5.32 Å². The van der Waals surface area contributed by atoms with Crippen molar-refractivity contribution in [2.24, 2.45) is 0 Å². The fourth-order valence-corrected chi connectivity index (χ4v) is 3.28. The van der Waals surface area contributed by atoms with Gasteiger partial charge in [-0.15, -0.1) is 10.2 Å². The fourth-order valence-electron chi connectivity index (χ4n) is 3.28. The van der Waals surface area contributed by atoms with Crippen LogP contribution in [0.25, 0.3) is 16.8 Å². The van der Waals surface area contributed by atoms with Crippen LogP contribution in [0.1, 0.15) is 63.7 Å². The number of benzene rings is 2. The van der Waals surface area contributed by atoms with Gasteiger partial charge in [0.15, 0.2) is 0 Å². The number of aliphatic hydroxyl groups is 1. The SMILES string of the molecule is CC(C)c1nncn1-c1cc(-c2ccc(C(F)(F)F)cc2)cc(C(O)NC(C)(C)C)c1. The zero-order valence-electron chi connectivity index (χ0n) is 18.2. The minimum atomic E-state index is -4.40. The van der Waals surface area contributed by atoms with Gasteiger partial charge in [0.1, 0.15) is 18.4 Å². The largest absolute Gasteiger partial charge is 0.416 e. The van der Waals surface area contributed by atoms with Gasteiger partial charge in [-0.05, 0) is 67.8 Å². The molecule has 166 valence electrons. The highest BCUT2D eigenvalue weighted by Gasteiger charge is 2.30. The van der Waals surface area contributed by atoms with E-state index >= 15 is 0 Å². The lowest BCUT2D eigenvalue weighted by Crippen LogP contribution is -2.38. The van der Waals surface area contributed by atoms with Gasteiger partial charge in [-0.1, -0.05) is 26.0 Å². The number of halogens is 3. The van der Waals surface area contributed by atoms with E-state index in [-0.39, 0.29) is 11.5 Å². The molecule has 0 radical (unpaired) electrons. The molecule has 1 atom stereocenters. The highest BCUT2D eigenvalue weighted by molar-refractivity contribution is 5.68. The Hall–Kier alpha value is -2.71. The van der Waals surface area contributed by atoms with Gasteiger partial charge in [0, 0.05) is 17.1 Å². The summed E-state index contributed by atoms with van der Waals surface area (Å²) < 4.78 is 40.7. The van der Waals surface area contributed by atoms with Gasteiger partial charge in [-0.25, -0.2) is 0 Å². The molecule has 8 heteroatoms. The lowest BCUT2D eigenvalue weighted by atomic mass is 9.99. The second-order valence-corrected chi connectivity index (χ2v) is 8.90. The molecule has 2 N–H and O–H groups in total. The zero-order valence-corrected chi connectivity index (χ0v) is 18.2. The Bertz CT molecular complexity index is 1030. The first-order chi connectivity index (χ1) is 14.3. The molecule has 1 unspecified atom stereocenters. The zero-order chi connectivity index (χ0) is 23.0. The lowest BCUT2D eigenvalue weighted by molar-refractivity contribution is -0.137. The maximum Gasteiger partial charge on any atom is 0.416 e. The number of hydrogen-bond donors (Lipinski definition) is 2. The lowest BCUT2D eigenvalue weighted by Gasteiger charge is -2.26. The average molecular weight is 432 g/mol. The summed E-state index contributed by atoms with van der Waals surface area (Å²) in [4.78, 5) is 0. The first kappa shape index (κ1) is 23.0. The third-order valence-corrected chi connectivity index (χ3v) is 4.74. The summed E-state index contributed by atoms with van der Waals surface area (Å²) in [5.74, 6) is 0.854. The van der Waals surface area contributed by atoms with Crippen molar-refractivity contribution in [2.45, 2.75) is 58.5 Å². The number of nitrogens with zero attached hydrogens (tertiary/aromatic N) is 3. The molecule has 0 bridgehead atoms. The van der Waals surface area contributed by atoms with Crippen LogP contribution in [0.15, 0.2) is 48.8 Å². The van der Waals surface area contributed by atoms with Crippen LogP contribution >= 0.6 is 0 Å². The van der Waals surface area contributed by atoms with Crippen molar-refractivity contribution in [3.8, 4) is 16.8 Å². The van der Waals surface area contributed by atoms with E-state index in [4.69, 9.17) is 0 Å². The predicted octanol–water partition coefficient (Wildman–Crippen LogP) is 5.46. The smallest absolute Gasteiger partial charge is 0.374 e. The summed E-state index contributed by atoms with van der Waals surface area (Å²) in [6, 6.07) is 10.4. The molecule has 3 aromatic rings. The van der Waals surface area contributed by atoms with Gasteiger partial charge in [-0.2, -0.15) is 13.2 Å². The minimum Gasteiger partial charge on any atom is -0.374 e. The number of rotatable bonds is 5. The van der Waals surface area contributed by atoms with E-state index < -0.39 is 18.0 Å². The molecule has 2 aromatic carbocycles. The van der Waals surface area contributed by atoms with Crippen molar-refractivity contribution in [2.75, 3.05) is 0 Å². The molecule has 5 nitrogen and oxygen atoms in total. The van der Waals surface area contributed by atoms with E-state index in [1.54, 1.807) is 12.4 Å². The summed E-state index contributed by atoms with van der Waals surface area (Å²) in [7, 11) is 0. The minimum absolute atomic E-state index is 0.110. The first-order valence-electron chi connectivity index (χ1n) is 10.0. The molecule has 0 amide bonds. The molecule has 0 aliphatic heterocycles. The van der Waals surface area contributed by atoms with Crippen molar-refractivity contribution >= 4 is 0 Å². The van der Waals surface area contributed by atoms with Gasteiger partial charge >= 0.3 is 6.18 Å². The van der Waals surface area contributed by atoms with Crippen LogP contribution in [0.5, 0.6) is 0 Å². The maximum absolute atomic E-state index is 13.0. The van der Waals surface area contributed by atoms with E-state index in [2.05, 4.69) is 15.5 Å². The average Bonchev–Trinajstić information content (AvgIpc) is 3.16. The molecule has 0 saturated heterocycles. The second-order valence-electron chi connectivity index (χ2n) is 8.90. The first-order valence-corrected chi connectivity index (χ1v) is 10.0. The van der Waals surface area contributed by atoms with Crippen molar-refractivity contribution in [3.05, 3.63) is 65.7 Å². The molecule has 0 aliphatic carbocycles.